The van der Waals surface area contributed by atoms with Crippen LogP contribution in [0, 0.1) is 0 Å². The summed E-state index contributed by atoms with van der Waals surface area (Å²) < 4.78 is 0.361. The van der Waals surface area contributed by atoms with Gasteiger partial charge < -0.3 is 11.1 Å². The van der Waals surface area contributed by atoms with Crippen LogP contribution in [-0.2, 0) is 0 Å². The summed E-state index contributed by atoms with van der Waals surface area (Å²) in [5.41, 5.74) is 5.63. The number of nitrogens with one attached hydrogen (secondary N) is 1. The van der Waals surface area contributed by atoms with Gasteiger partial charge in [-0.1, -0.05) is 23.2 Å². The van der Waals surface area contributed by atoms with Gasteiger partial charge in [0.2, 0.25) is 0 Å². The van der Waals surface area contributed by atoms with Crippen LogP contribution in [0.3, 0.4) is 0 Å². The number of hydrogen-bond donors (Lipinski definition) is 2. The molecule has 1 aromatic heterocycles. The molecule has 6 heteroatoms. The van der Waals surface area contributed by atoms with Crippen molar-refractivity contribution in [2.75, 3.05) is 23.9 Å². The molecule has 2 rings (SSSR count). The molecule has 1 fully saturated rings. The molecule has 0 aliphatic heterocycles. The third-order valence-electron chi connectivity index (χ3n) is 2.78. The number of thioether (sulfide) groups is 1. The second-order valence-corrected chi connectivity index (χ2v) is 6.02. The van der Waals surface area contributed by atoms with Crippen LogP contribution in [0.1, 0.15) is 12.8 Å². The van der Waals surface area contributed by atoms with Gasteiger partial charge in [0.25, 0.3) is 0 Å². The van der Waals surface area contributed by atoms with E-state index in [2.05, 4.69) is 16.6 Å². The monoisotopic (exact) mass is 277 g/mol. The number of nitrogens with zero attached hydrogens (tertiary/aromatic N) is 1. The first-order chi connectivity index (χ1) is 7.56. The first-order valence-electron chi connectivity index (χ1n) is 4.97. The minimum Gasteiger partial charge on any atom is -0.382 e. The Morgan fingerprint density at radius 2 is 2.19 bits per heavy atom. The van der Waals surface area contributed by atoms with Crippen molar-refractivity contribution in [3.63, 3.8) is 0 Å². The second kappa shape index (κ2) is 4.51. The third kappa shape index (κ3) is 2.50. The van der Waals surface area contributed by atoms with E-state index in [1.807, 2.05) is 11.8 Å². The molecule has 1 saturated carbocycles. The molecule has 3 nitrogen and oxygen atoms in total. The Balaban J connectivity index is 2.07. The highest BCUT2D eigenvalue weighted by molar-refractivity contribution is 8.00. The van der Waals surface area contributed by atoms with Gasteiger partial charge >= 0.3 is 0 Å². The molecule has 0 spiro atoms. The molecular formula is C10H13Cl2N3S. The predicted octanol–water partition coefficient (Wildman–Crippen LogP) is 3.28. The summed E-state index contributed by atoms with van der Waals surface area (Å²) in [7, 11) is 0. The number of anilines is 2. The van der Waals surface area contributed by atoms with Crippen LogP contribution >= 0.6 is 35.0 Å². The molecule has 0 unspecified atom stereocenters. The van der Waals surface area contributed by atoms with E-state index in [4.69, 9.17) is 28.9 Å². The molecule has 1 aromatic rings. The van der Waals surface area contributed by atoms with Crippen molar-refractivity contribution in [3.8, 4) is 0 Å². The van der Waals surface area contributed by atoms with Gasteiger partial charge in [-0.05, 0) is 25.2 Å². The minimum absolute atomic E-state index is 0.308. The first kappa shape index (κ1) is 12.1. The summed E-state index contributed by atoms with van der Waals surface area (Å²) >= 11 is 13.7. The van der Waals surface area contributed by atoms with Gasteiger partial charge in [-0.15, -0.1) is 0 Å². The Morgan fingerprint density at radius 3 is 2.75 bits per heavy atom. The highest BCUT2D eigenvalue weighted by Gasteiger charge is 2.41. The number of aromatic nitrogens is 1. The molecule has 0 aromatic carbocycles. The molecule has 1 aliphatic carbocycles. The maximum Gasteiger partial charge on any atom is 0.147 e. The van der Waals surface area contributed by atoms with Crippen LogP contribution in [0.2, 0.25) is 10.0 Å². The number of nitrogen functional groups attached to an aromatic ring is 1. The fourth-order valence-corrected chi connectivity index (χ4v) is 2.59. The van der Waals surface area contributed by atoms with Gasteiger partial charge in [0, 0.05) is 11.3 Å². The Labute approximate surface area is 109 Å². The molecular weight excluding hydrogens is 265 g/mol. The molecule has 0 saturated heterocycles. The van der Waals surface area contributed by atoms with E-state index >= 15 is 0 Å². The van der Waals surface area contributed by atoms with Crippen molar-refractivity contribution in [2.24, 2.45) is 0 Å². The van der Waals surface area contributed by atoms with Gasteiger partial charge in [0.15, 0.2) is 0 Å². The quantitative estimate of drug-likeness (QED) is 0.887. The van der Waals surface area contributed by atoms with Gasteiger partial charge in [0.1, 0.15) is 11.6 Å². The lowest BCUT2D eigenvalue weighted by Crippen LogP contribution is -2.18. The highest BCUT2D eigenvalue weighted by atomic mass is 35.5. The van der Waals surface area contributed by atoms with Crippen molar-refractivity contribution in [1.82, 2.24) is 4.98 Å². The van der Waals surface area contributed by atoms with Crippen molar-refractivity contribution >= 4 is 46.6 Å². The molecule has 16 heavy (non-hydrogen) atoms. The number of halogens is 2. The van der Waals surface area contributed by atoms with Gasteiger partial charge in [-0.25, -0.2) is 4.98 Å². The maximum atomic E-state index is 6.02. The molecule has 0 radical (unpaired) electrons. The normalized spacial score (nSPS) is 17.2. The van der Waals surface area contributed by atoms with E-state index in [1.54, 1.807) is 6.07 Å². The largest absolute Gasteiger partial charge is 0.382 e. The zero-order valence-corrected chi connectivity index (χ0v) is 11.2. The van der Waals surface area contributed by atoms with E-state index in [9.17, 15) is 0 Å². The lowest BCUT2D eigenvalue weighted by molar-refractivity contribution is 0.941. The first-order valence-corrected chi connectivity index (χ1v) is 6.95. The van der Waals surface area contributed by atoms with E-state index in [0.717, 1.165) is 6.54 Å². The van der Waals surface area contributed by atoms with Crippen LogP contribution < -0.4 is 11.1 Å². The molecule has 3 N–H and O–H groups in total. The number of nitrogens with two attached hydrogens (primary N) is 1. The topological polar surface area (TPSA) is 50.9 Å². The summed E-state index contributed by atoms with van der Waals surface area (Å²) in [6.07, 6.45) is 4.60. The van der Waals surface area contributed by atoms with Crippen LogP contribution in [0.25, 0.3) is 0 Å². The Bertz CT molecular complexity index is 407. The van der Waals surface area contributed by atoms with Gasteiger partial charge in [-0.2, -0.15) is 11.8 Å². The fourth-order valence-electron chi connectivity index (χ4n) is 1.44. The van der Waals surface area contributed by atoms with Gasteiger partial charge in [-0.3, -0.25) is 0 Å². The van der Waals surface area contributed by atoms with E-state index in [-0.39, 0.29) is 0 Å². The summed E-state index contributed by atoms with van der Waals surface area (Å²) in [5.74, 6) is 0.923. The zero-order chi connectivity index (χ0) is 11.8. The van der Waals surface area contributed by atoms with E-state index < -0.39 is 0 Å². The van der Waals surface area contributed by atoms with E-state index in [0.29, 0.717) is 26.4 Å². The number of hydrogen-bond acceptors (Lipinski definition) is 4. The maximum absolute atomic E-state index is 6.02. The molecule has 0 amide bonds. The molecule has 0 atom stereocenters. The molecule has 1 aliphatic rings. The lowest BCUT2D eigenvalue weighted by Gasteiger charge is -2.14. The highest BCUT2D eigenvalue weighted by Crippen LogP contribution is 2.47. The molecule has 1 heterocycles. The summed E-state index contributed by atoms with van der Waals surface area (Å²) in [4.78, 5) is 4.13. The van der Waals surface area contributed by atoms with Gasteiger partial charge in [0.05, 0.1) is 10.0 Å². The van der Waals surface area contributed by atoms with E-state index in [1.165, 1.54) is 12.8 Å². The summed E-state index contributed by atoms with van der Waals surface area (Å²) in [6, 6.07) is 1.62. The standard InChI is InChI=1S/C10H13Cl2N3S/c1-16-10(2-3-10)5-14-9-7(12)4-6(11)8(13)15-9/h4H,2-3,5H2,1H3,(H3,13,14,15). The number of rotatable bonds is 4. The fraction of sp³-hybridized carbons (Fsp3) is 0.500. The lowest BCUT2D eigenvalue weighted by atomic mass is 10.4. The van der Waals surface area contributed by atoms with Crippen molar-refractivity contribution in [3.05, 3.63) is 16.1 Å². The van der Waals surface area contributed by atoms with Crippen LogP contribution in [0.5, 0.6) is 0 Å². The van der Waals surface area contributed by atoms with Crippen molar-refractivity contribution < 1.29 is 0 Å². The number of pyridine rings is 1. The predicted molar refractivity (Wildman–Crippen MR) is 72.6 cm³/mol. The third-order valence-corrected chi connectivity index (χ3v) is 4.78. The summed E-state index contributed by atoms with van der Waals surface area (Å²) in [5, 5.41) is 4.13. The summed E-state index contributed by atoms with van der Waals surface area (Å²) in [6.45, 7) is 0.863. The zero-order valence-electron chi connectivity index (χ0n) is 8.89. The van der Waals surface area contributed by atoms with Crippen molar-refractivity contribution in [2.45, 2.75) is 17.6 Å². The second-order valence-electron chi connectivity index (χ2n) is 3.93. The average molecular weight is 278 g/mol. The Hall–Kier alpha value is -0.320. The SMILES string of the molecule is CSC1(CNc2nc(N)c(Cl)cc2Cl)CC1. The minimum atomic E-state index is 0.308. The smallest absolute Gasteiger partial charge is 0.147 e. The van der Waals surface area contributed by atoms with Crippen LogP contribution in [0.15, 0.2) is 6.07 Å². The Morgan fingerprint density at radius 1 is 1.50 bits per heavy atom. The Kier molecular flexibility index (Phi) is 3.42. The van der Waals surface area contributed by atoms with Crippen molar-refractivity contribution in [1.29, 1.82) is 0 Å². The van der Waals surface area contributed by atoms with Crippen LogP contribution in [0.4, 0.5) is 11.6 Å². The average Bonchev–Trinajstić information content (AvgIpc) is 3.02. The van der Waals surface area contributed by atoms with Crippen LogP contribution in [-0.4, -0.2) is 22.5 Å². The molecule has 0 bridgehead atoms. The molecule has 88 valence electrons.